The number of carbonyl (C=O) groups excluding carboxylic acids is 2. The van der Waals surface area contributed by atoms with Gasteiger partial charge in [0, 0.05) is 24.9 Å². The number of nitrogens with two attached hydrogens (primary N) is 1. The third kappa shape index (κ3) is 4.24. The third-order valence-corrected chi connectivity index (χ3v) is 3.83. The lowest BCUT2D eigenvalue weighted by atomic mass is 10.1. The van der Waals surface area contributed by atoms with Crippen molar-refractivity contribution in [2.24, 2.45) is 5.73 Å². The van der Waals surface area contributed by atoms with Crippen LogP contribution in [0.4, 0.5) is 0 Å². The van der Waals surface area contributed by atoms with Gasteiger partial charge in [0.1, 0.15) is 5.82 Å². The van der Waals surface area contributed by atoms with Crippen LogP contribution in [-0.2, 0) is 16.0 Å². The van der Waals surface area contributed by atoms with Crippen molar-refractivity contribution in [1.29, 1.82) is 0 Å². The number of nitrogens with zero attached hydrogens (tertiary/aromatic N) is 3. The van der Waals surface area contributed by atoms with Crippen molar-refractivity contribution in [1.82, 2.24) is 20.2 Å². The van der Waals surface area contributed by atoms with Crippen LogP contribution in [0.3, 0.4) is 0 Å². The number of nitrogens with one attached hydrogen (secondary N) is 1. The first-order valence-electron chi connectivity index (χ1n) is 7.57. The second-order valence-corrected chi connectivity index (χ2v) is 5.63. The van der Waals surface area contributed by atoms with E-state index < -0.39 is 0 Å². The lowest BCUT2D eigenvalue weighted by Gasteiger charge is -2.22. The molecule has 1 aromatic heterocycles. The summed E-state index contributed by atoms with van der Waals surface area (Å²) in [5.74, 6) is 0.388. The summed E-state index contributed by atoms with van der Waals surface area (Å²) in [4.78, 5) is 33.7. The molecule has 0 aromatic carbocycles. The van der Waals surface area contributed by atoms with Crippen LogP contribution in [0.2, 0.25) is 0 Å². The van der Waals surface area contributed by atoms with E-state index in [9.17, 15) is 9.59 Å². The molecule has 1 saturated heterocycles. The van der Waals surface area contributed by atoms with Gasteiger partial charge in [-0.25, -0.2) is 9.97 Å². The standard InChI is InChI=1S/C15H23N5O2/c1-10-8-11(5-6-14(22)17-2)19-15(18-10)12-4-3-7-20(12)9-13(16)21/h8,12H,3-7,9H2,1-2H3,(H2,16,21)(H,17,22). The zero-order chi connectivity index (χ0) is 16.1. The molecule has 1 fully saturated rings. The van der Waals surface area contributed by atoms with Gasteiger partial charge in [-0.15, -0.1) is 0 Å². The number of primary amides is 1. The van der Waals surface area contributed by atoms with Crippen LogP contribution in [0.1, 0.15) is 42.5 Å². The predicted molar refractivity (Wildman–Crippen MR) is 81.9 cm³/mol. The Morgan fingerprint density at radius 1 is 1.45 bits per heavy atom. The van der Waals surface area contributed by atoms with Gasteiger partial charge in [-0.3, -0.25) is 14.5 Å². The first kappa shape index (κ1) is 16.4. The zero-order valence-corrected chi connectivity index (χ0v) is 13.1. The lowest BCUT2D eigenvalue weighted by molar-refractivity contribution is -0.121. The summed E-state index contributed by atoms with van der Waals surface area (Å²) in [5.41, 5.74) is 7.04. The number of aromatic nitrogens is 2. The van der Waals surface area contributed by atoms with Crippen LogP contribution in [0, 0.1) is 6.92 Å². The van der Waals surface area contributed by atoms with Crippen molar-refractivity contribution in [2.45, 2.75) is 38.6 Å². The molecule has 0 bridgehead atoms. The second kappa shape index (κ2) is 7.31. The first-order valence-corrected chi connectivity index (χ1v) is 7.57. The van der Waals surface area contributed by atoms with Gasteiger partial charge in [0.25, 0.3) is 0 Å². The van der Waals surface area contributed by atoms with Crippen LogP contribution in [0.15, 0.2) is 6.07 Å². The van der Waals surface area contributed by atoms with Crippen molar-refractivity contribution >= 4 is 11.8 Å². The van der Waals surface area contributed by atoms with E-state index in [-0.39, 0.29) is 24.4 Å². The van der Waals surface area contributed by atoms with Gasteiger partial charge in [0.2, 0.25) is 11.8 Å². The summed E-state index contributed by atoms with van der Waals surface area (Å²) < 4.78 is 0. The number of hydrogen-bond acceptors (Lipinski definition) is 5. The van der Waals surface area contributed by atoms with E-state index in [2.05, 4.69) is 15.3 Å². The molecule has 22 heavy (non-hydrogen) atoms. The Kier molecular flexibility index (Phi) is 5.43. The number of carbonyl (C=O) groups is 2. The molecule has 0 spiro atoms. The molecule has 1 unspecified atom stereocenters. The van der Waals surface area contributed by atoms with Crippen LogP contribution in [0.5, 0.6) is 0 Å². The molecule has 1 aliphatic rings. The number of amides is 2. The van der Waals surface area contributed by atoms with Crippen LogP contribution in [-0.4, -0.2) is 46.8 Å². The van der Waals surface area contributed by atoms with Crippen molar-refractivity contribution in [3.63, 3.8) is 0 Å². The molecule has 1 atom stereocenters. The molecule has 2 heterocycles. The van der Waals surface area contributed by atoms with Gasteiger partial charge >= 0.3 is 0 Å². The van der Waals surface area contributed by atoms with Gasteiger partial charge in [-0.05, 0) is 38.8 Å². The molecule has 3 N–H and O–H groups in total. The number of rotatable bonds is 6. The lowest BCUT2D eigenvalue weighted by Crippen LogP contribution is -2.34. The van der Waals surface area contributed by atoms with Crippen molar-refractivity contribution in [2.75, 3.05) is 20.1 Å². The van der Waals surface area contributed by atoms with E-state index in [1.165, 1.54) is 0 Å². The largest absolute Gasteiger partial charge is 0.369 e. The highest BCUT2D eigenvalue weighted by Crippen LogP contribution is 2.29. The fraction of sp³-hybridized carbons (Fsp3) is 0.600. The maximum atomic E-state index is 11.4. The second-order valence-electron chi connectivity index (χ2n) is 5.63. The Labute approximate surface area is 130 Å². The first-order chi connectivity index (χ1) is 10.5. The summed E-state index contributed by atoms with van der Waals surface area (Å²) in [6.07, 6.45) is 2.91. The van der Waals surface area contributed by atoms with Crippen LogP contribution >= 0.6 is 0 Å². The molecule has 0 radical (unpaired) electrons. The third-order valence-electron chi connectivity index (χ3n) is 3.83. The minimum absolute atomic E-state index is 0.00552. The quantitative estimate of drug-likeness (QED) is 0.775. The molecule has 1 aliphatic heterocycles. The highest BCUT2D eigenvalue weighted by atomic mass is 16.2. The molecular weight excluding hydrogens is 282 g/mol. The van der Waals surface area contributed by atoms with Crippen LogP contribution < -0.4 is 11.1 Å². The van der Waals surface area contributed by atoms with Crippen molar-refractivity contribution in [3.05, 3.63) is 23.3 Å². The summed E-state index contributed by atoms with van der Waals surface area (Å²) in [6.45, 7) is 2.98. The van der Waals surface area contributed by atoms with Gasteiger partial charge in [0.05, 0.1) is 12.6 Å². The number of likely N-dealkylation sites (tertiary alicyclic amines) is 1. The van der Waals surface area contributed by atoms with E-state index in [0.717, 1.165) is 36.6 Å². The fourth-order valence-electron chi connectivity index (χ4n) is 2.81. The van der Waals surface area contributed by atoms with E-state index in [1.807, 2.05) is 17.9 Å². The summed E-state index contributed by atoms with van der Waals surface area (Å²) in [7, 11) is 1.62. The topological polar surface area (TPSA) is 101 Å². The highest BCUT2D eigenvalue weighted by Gasteiger charge is 2.29. The fourth-order valence-corrected chi connectivity index (χ4v) is 2.81. The molecule has 2 rings (SSSR count). The Bertz CT molecular complexity index is 561. The van der Waals surface area contributed by atoms with Crippen LogP contribution in [0.25, 0.3) is 0 Å². The van der Waals surface area contributed by atoms with Gasteiger partial charge in [-0.2, -0.15) is 0 Å². The molecule has 0 aliphatic carbocycles. The normalized spacial score (nSPS) is 18.4. The number of aryl methyl sites for hydroxylation is 2. The molecule has 1 aromatic rings. The molecule has 7 heteroatoms. The molecule has 0 saturated carbocycles. The molecule has 2 amide bonds. The maximum Gasteiger partial charge on any atom is 0.231 e. The van der Waals surface area contributed by atoms with Gasteiger partial charge in [0.15, 0.2) is 0 Å². The Hall–Kier alpha value is -2.02. The molecule has 7 nitrogen and oxygen atoms in total. The van der Waals surface area contributed by atoms with Gasteiger partial charge < -0.3 is 11.1 Å². The van der Waals surface area contributed by atoms with E-state index in [0.29, 0.717) is 12.8 Å². The van der Waals surface area contributed by atoms with Crippen molar-refractivity contribution in [3.8, 4) is 0 Å². The smallest absolute Gasteiger partial charge is 0.231 e. The Morgan fingerprint density at radius 2 is 2.23 bits per heavy atom. The predicted octanol–water partition coefficient (Wildman–Crippen LogP) is 0.0858. The SMILES string of the molecule is CNC(=O)CCc1cc(C)nc(C2CCCN2CC(N)=O)n1. The number of hydrogen-bond donors (Lipinski definition) is 2. The van der Waals surface area contributed by atoms with E-state index >= 15 is 0 Å². The minimum Gasteiger partial charge on any atom is -0.369 e. The Balaban J connectivity index is 2.14. The average molecular weight is 305 g/mol. The van der Waals surface area contributed by atoms with Gasteiger partial charge in [-0.1, -0.05) is 0 Å². The Morgan fingerprint density at radius 3 is 2.91 bits per heavy atom. The van der Waals surface area contributed by atoms with E-state index in [4.69, 9.17) is 5.73 Å². The van der Waals surface area contributed by atoms with Crippen molar-refractivity contribution < 1.29 is 9.59 Å². The summed E-state index contributed by atoms with van der Waals surface area (Å²) in [5, 5.41) is 2.61. The summed E-state index contributed by atoms with van der Waals surface area (Å²) in [6, 6.07) is 1.94. The molecule has 120 valence electrons. The van der Waals surface area contributed by atoms with E-state index in [1.54, 1.807) is 7.05 Å². The monoisotopic (exact) mass is 305 g/mol. The average Bonchev–Trinajstić information content (AvgIpc) is 2.91. The molecular formula is C15H23N5O2. The maximum absolute atomic E-state index is 11.4. The highest BCUT2D eigenvalue weighted by molar-refractivity contribution is 5.76. The summed E-state index contributed by atoms with van der Waals surface area (Å²) >= 11 is 0. The zero-order valence-electron chi connectivity index (χ0n) is 13.1. The minimum atomic E-state index is -0.334.